The number of hydrogen-bond donors (Lipinski definition) is 2. The monoisotopic (exact) mass is 309 g/mol. The Morgan fingerprint density at radius 1 is 1.13 bits per heavy atom. The van der Waals surface area contributed by atoms with Gasteiger partial charge in [0.25, 0.3) is 5.91 Å². The van der Waals surface area contributed by atoms with Gasteiger partial charge in [0.15, 0.2) is 0 Å². The highest BCUT2D eigenvalue weighted by Crippen LogP contribution is 2.12. The summed E-state index contributed by atoms with van der Waals surface area (Å²) < 4.78 is 5.46. The maximum absolute atomic E-state index is 11.9. The van der Waals surface area contributed by atoms with Crippen LogP contribution < -0.4 is 15.8 Å². The van der Waals surface area contributed by atoms with E-state index in [1.165, 1.54) is 24.3 Å². The highest BCUT2D eigenvalue weighted by molar-refractivity contribution is 5.97. The van der Waals surface area contributed by atoms with Crippen LogP contribution in [0.5, 0.6) is 5.75 Å². The van der Waals surface area contributed by atoms with Gasteiger partial charge in [-0.25, -0.2) is 0 Å². The first-order chi connectivity index (χ1) is 11.1. The molecule has 0 aromatic heterocycles. The first-order valence-corrected chi connectivity index (χ1v) is 6.91. The first-order valence-electron chi connectivity index (χ1n) is 6.91. The predicted molar refractivity (Wildman–Crippen MR) is 83.9 cm³/mol. The molecular formula is C17H15N3O3. The molecule has 2 aromatic rings. The Bertz CT molecular complexity index is 748. The summed E-state index contributed by atoms with van der Waals surface area (Å²) >= 11 is 0. The van der Waals surface area contributed by atoms with E-state index in [1.54, 1.807) is 24.3 Å². The molecule has 116 valence electrons. The minimum Gasteiger partial charge on any atom is -0.492 e. The molecule has 0 aliphatic carbocycles. The van der Waals surface area contributed by atoms with Crippen LogP contribution in [0, 0.1) is 11.3 Å². The van der Waals surface area contributed by atoms with Gasteiger partial charge in [0.2, 0.25) is 5.91 Å². The molecule has 0 aliphatic rings. The van der Waals surface area contributed by atoms with Crippen LogP contribution in [0.25, 0.3) is 0 Å². The van der Waals surface area contributed by atoms with Crippen LogP contribution in [0.2, 0.25) is 0 Å². The fourth-order valence-corrected chi connectivity index (χ4v) is 1.88. The number of amides is 2. The minimum atomic E-state index is -0.537. The highest BCUT2D eigenvalue weighted by atomic mass is 16.5. The Balaban J connectivity index is 1.80. The Morgan fingerprint density at radius 3 is 2.48 bits per heavy atom. The van der Waals surface area contributed by atoms with Gasteiger partial charge in [0, 0.05) is 11.1 Å². The van der Waals surface area contributed by atoms with Gasteiger partial charge in [-0.05, 0) is 42.5 Å². The molecule has 0 fully saturated rings. The second-order valence-electron chi connectivity index (χ2n) is 4.69. The lowest BCUT2D eigenvalue weighted by atomic mass is 10.1. The van der Waals surface area contributed by atoms with Crippen molar-refractivity contribution in [2.75, 3.05) is 13.2 Å². The molecule has 23 heavy (non-hydrogen) atoms. The number of hydrogen-bond acceptors (Lipinski definition) is 4. The summed E-state index contributed by atoms with van der Waals surface area (Å²) in [6, 6.07) is 14.9. The molecule has 0 spiro atoms. The van der Waals surface area contributed by atoms with Crippen molar-refractivity contribution in [2.45, 2.75) is 0 Å². The molecule has 2 aromatic carbocycles. The number of carbonyl (C=O) groups is 2. The maximum Gasteiger partial charge on any atom is 0.251 e. The molecule has 0 aliphatic heterocycles. The lowest BCUT2D eigenvalue weighted by molar-refractivity contribution is 0.0944. The number of nitrogens with zero attached hydrogens (tertiary/aromatic N) is 1. The number of ether oxygens (including phenoxy) is 1. The number of primary amides is 1. The van der Waals surface area contributed by atoms with Crippen molar-refractivity contribution < 1.29 is 14.3 Å². The zero-order chi connectivity index (χ0) is 16.7. The van der Waals surface area contributed by atoms with Crippen molar-refractivity contribution in [1.29, 1.82) is 5.26 Å². The Morgan fingerprint density at radius 2 is 1.83 bits per heavy atom. The molecule has 0 heterocycles. The second kappa shape index (κ2) is 7.61. The highest BCUT2D eigenvalue weighted by Gasteiger charge is 2.06. The number of benzene rings is 2. The summed E-state index contributed by atoms with van der Waals surface area (Å²) in [5, 5.41) is 11.5. The fourth-order valence-electron chi connectivity index (χ4n) is 1.88. The molecule has 2 rings (SSSR count). The van der Waals surface area contributed by atoms with Crippen molar-refractivity contribution >= 4 is 11.8 Å². The Hall–Kier alpha value is -3.33. The van der Waals surface area contributed by atoms with Crippen molar-refractivity contribution in [2.24, 2.45) is 5.73 Å². The molecule has 6 heteroatoms. The molecule has 0 radical (unpaired) electrons. The van der Waals surface area contributed by atoms with E-state index in [0.29, 0.717) is 29.0 Å². The first kappa shape index (κ1) is 16.0. The van der Waals surface area contributed by atoms with E-state index in [1.807, 2.05) is 6.07 Å². The normalized spacial score (nSPS) is 9.70. The number of rotatable bonds is 6. The SMILES string of the molecule is N#Cc1cccc(OCCNC(=O)c2ccc(C(N)=O)cc2)c1. The summed E-state index contributed by atoms with van der Waals surface area (Å²) in [6.45, 7) is 0.590. The molecule has 2 amide bonds. The van der Waals surface area contributed by atoms with Crippen molar-refractivity contribution in [1.82, 2.24) is 5.32 Å². The van der Waals surface area contributed by atoms with Gasteiger partial charge in [0.1, 0.15) is 12.4 Å². The number of nitrogens with one attached hydrogen (secondary N) is 1. The van der Waals surface area contributed by atoms with Crippen LogP contribution in [-0.4, -0.2) is 25.0 Å². The number of carbonyl (C=O) groups excluding carboxylic acids is 2. The minimum absolute atomic E-state index is 0.268. The average molecular weight is 309 g/mol. The van der Waals surface area contributed by atoms with Crippen LogP contribution in [0.4, 0.5) is 0 Å². The van der Waals surface area contributed by atoms with Gasteiger partial charge in [0.05, 0.1) is 18.2 Å². The van der Waals surface area contributed by atoms with Gasteiger partial charge in [-0.2, -0.15) is 5.26 Å². The van der Waals surface area contributed by atoms with E-state index >= 15 is 0 Å². The summed E-state index contributed by atoms with van der Waals surface area (Å²) in [6.07, 6.45) is 0. The molecule has 0 saturated carbocycles. The third-order valence-corrected chi connectivity index (χ3v) is 3.05. The van der Waals surface area contributed by atoms with Gasteiger partial charge in [-0.3, -0.25) is 9.59 Å². The van der Waals surface area contributed by atoms with Gasteiger partial charge in [-0.1, -0.05) is 6.07 Å². The quantitative estimate of drug-likeness (QED) is 0.788. The van der Waals surface area contributed by atoms with Gasteiger partial charge < -0.3 is 15.8 Å². The predicted octanol–water partition coefficient (Wildman–Crippen LogP) is 1.47. The van der Waals surface area contributed by atoms with E-state index in [-0.39, 0.29) is 12.5 Å². The van der Waals surface area contributed by atoms with E-state index in [9.17, 15) is 9.59 Å². The summed E-state index contributed by atoms with van der Waals surface area (Å²) in [5.74, 6) is -0.232. The summed E-state index contributed by atoms with van der Waals surface area (Å²) in [4.78, 5) is 22.9. The largest absolute Gasteiger partial charge is 0.492 e. The zero-order valence-electron chi connectivity index (χ0n) is 12.3. The lowest BCUT2D eigenvalue weighted by Crippen LogP contribution is -2.28. The van der Waals surface area contributed by atoms with Crippen molar-refractivity contribution in [3.05, 3.63) is 65.2 Å². The smallest absolute Gasteiger partial charge is 0.251 e. The third kappa shape index (κ3) is 4.58. The molecule has 0 saturated heterocycles. The van der Waals surface area contributed by atoms with Crippen LogP contribution in [0.1, 0.15) is 26.3 Å². The van der Waals surface area contributed by atoms with Crippen LogP contribution >= 0.6 is 0 Å². The van der Waals surface area contributed by atoms with E-state index < -0.39 is 5.91 Å². The number of nitriles is 1. The van der Waals surface area contributed by atoms with Crippen LogP contribution in [0.3, 0.4) is 0 Å². The van der Waals surface area contributed by atoms with Gasteiger partial charge in [-0.15, -0.1) is 0 Å². The fraction of sp³-hybridized carbons (Fsp3) is 0.118. The van der Waals surface area contributed by atoms with E-state index in [4.69, 9.17) is 15.7 Å². The maximum atomic E-state index is 11.9. The molecule has 3 N–H and O–H groups in total. The van der Waals surface area contributed by atoms with Crippen molar-refractivity contribution in [3.8, 4) is 11.8 Å². The standard InChI is InChI=1S/C17H15N3O3/c18-11-12-2-1-3-15(10-12)23-9-8-20-17(22)14-6-4-13(5-7-14)16(19)21/h1-7,10H,8-9H2,(H2,19,21)(H,20,22). The molecule has 0 unspecified atom stereocenters. The third-order valence-electron chi connectivity index (χ3n) is 3.05. The van der Waals surface area contributed by atoms with Crippen LogP contribution in [0.15, 0.2) is 48.5 Å². The van der Waals surface area contributed by atoms with E-state index in [2.05, 4.69) is 5.32 Å². The molecular weight excluding hydrogens is 294 g/mol. The Labute approximate surface area is 133 Å². The molecule has 6 nitrogen and oxygen atoms in total. The summed E-state index contributed by atoms with van der Waals surface area (Å²) in [7, 11) is 0. The van der Waals surface area contributed by atoms with Crippen LogP contribution in [-0.2, 0) is 0 Å². The Kier molecular flexibility index (Phi) is 5.31. The second-order valence-corrected chi connectivity index (χ2v) is 4.69. The summed E-state index contributed by atoms with van der Waals surface area (Å²) in [5.41, 5.74) is 6.43. The zero-order valence-corrected chi connectivity index (χ0v) is 12.3. The van der Waals surface area contributed by atoms with Gasteiger partial charge >= 0.3 is 0 Å². The number of nitrogens with two attached hydrogens (primary N) is 1. The molecule has 0 bridgehead atoms. The molecule has 0 atom stereocenters. The van der Waals surface area contributed by atoms with Crippen molar-refractivity contribution in [3.63, 3.8) is 0 Å². The van der Waals surface area contributed by atoms with E-state index in [0.717, 1.165) is 0 Å². The average Bonchev–Trinajstić information content (AvgIpc) is 2.58. The topological polar surface area (TPSA) is 105 Å². The lowest BCUT2D eigenvalue weighted by Gasteiger charge is -2.08.